The standard InChI is InChI=1S/C19H27NO7/c1-4-13-5-7-18(3,27-12(2)21)17(23)25-11-19(24)8-10-20-9-6-14(15(19)20)26-16(13)22/h4,14-15,24H,5-11H2,1-3H3/b13-4-/t14-,15+,18-,19+/m1/s1. The maximum absolute atomic E-state index is 12.7. The van der Waals surface area contributed by atoms with E-state index < -0.39 is 41.3 Å². The molecule has 3 saturated heterocycles. The molecule has 150 valence electrons. The van der Waals surface area contributed by atoms with Crippen LogP contribution in [0.15, 0.2) is 11.6 Å². The lowest BCUT2D eigenvalue weighted by Gasteiger charge is -2.35. The summed E-state index contributed by atoms with van der Waals surface area (Å²) in [6, 6.07) is -0.410. The fraction of sp³-hybridized carbons (Fsp3) is 0.737. The third-order valence-corrected chi connectivity index (χ3v) is 5.82. The molecule has 1 N–H and O–H groups in total. The van der Waals surface area contributed by atoms with Crippen molar-refractivity contribution in [2.75, 3.05) is 19.7 Å². The van der Waals surface area contributed by atoms with Gasteiger partial charge in [-0.2, -0.15) is 0 Å². The van der Waals surface area contributed by atoms with E-state index in [1.807, 2.05) is 0 Å². The molecule has 3 rings (SSSR count). The number of hydrogen-bond acceptors (Lipinski definition) is 8. The molecule has 8 heteroatoms. The van der Waals surface area contributed by atoms with Crippen LogP contribution in [0.4, 0.5) is 0 Å². The predicted molar refractivity (Wildman–Crippen MR) is 93.5 cm³/mol. The SMILES string of the molecule is C/C=C1/CC[C@@](C)(OC(C)=O)C(=O)OC[C@@]2(O)CCN3CC[C@@H](OC1=O)[C@H]32. The first kappa shape index (κ1) is 19.8. The maximum Gasteiger partial charge on any atom is 0.350 e. The summed E-state index contributed by atoms with van der Waals surface area (Å²) in [4.78, 5) is 38.9. The van der Waals surface area contributed by atoms with Crippen LogP contribution in [0.5, 0.6) is 0 Å². The second kappa shape index (κ2) is 7.24. The fourth-order valence-corrected chi connectivity index (χ4v) is 4.33. The van der Waals surface area contributed by atoms with Crippen molar-refractivity contribution in [3.63, 3.8) is 0 Å². The molecule has 8 nitrogen and oxygen atoms in total. The lowest BCUT2D eigenvalue weighted by molar-refractivity contribution is -0.187. The largest absolute Gasteiger partial charge is 0.460 e. The lowest BCUT2D eigenvalue weighted by atomic mass is 9.91. The van der Waals surface area contributed by atoms with E-state index in [1.54, 1.807) is 13.0 Å². The number of carbonyl (C=O) groups is 3. The first-order chi connectivity index (χ1) is 12.7. The number of hydrogen-bond donors (Lipinski definition) is 1. The highest BCUT2D eigenvalue weighted by Crippen LogP contribution is 2.39. The number of rotatable bonds is 1. The van der Waals surface area contributed by atoms with Crippen molar-refractivity contribution >= 4 is 17.9 Å². The van der Waals surface area contributed by atoms with E-state index in [0.717, 1.165) is 6.54 Å². The van der Waals surface area contributed by atoms with Gasteiger partial charge in [0.2, 0.25) is 5.60 Å². The quantitative estimate of drug-likeness (QED) is 0.403. The van der Waals surface area contributed by atoms with Crippen LogP contribution in [0.2, 0.25) is 0 Å². The summed E-state index contributed by atoms with van der Waals surface area (Å²) in [5.74, 6) is -1.80. The van der Waals surface area contributed by atoms with Crippen LogP contribution in [-0.2, 0) is 28.6 Å². The molecular formula is C19H27NO7. The number of ether oxygens (including phenoxy) is 3. The average molecular weight is 381 g/mol. The first-order valence-corrected chi connectivity index (χ1v) is 9.38. The average Bonchev–Trinajstić information content (AvgIpc) is 3.14. The fourth-order valence-electron chi connectivity index (χ4n) is 4.33. The molecule has 3 aliphatic rings. The number of cyclic esters (lactones) is 1. The number of nitrogens with zero attached hydrogens (tertiary/aromatic N) is 1. The summed E-state index contributed by atoms with van der Waals surface area (Å²) in [6.45, 7) is 5.53. The van der Waals surface area contributed by atoms with Crippen LogP contribution in [0.3, 0.4) is 0 Å². The number of carbonyl (C=O) groups excluding carboxylic acids is 3. The molecule has 3 fully saturated rings. The molecular weight excluding hydrogens is 354 g/mol. The molecule has 0 amide bonds. The van der Waals surface area contributed by atoms with Crippen LogP contribution >= 0.6 is 0 Å². The van der Waals surface area contributed by atoms with Gasteiger partial charge in [0.25, 0.3) is 0 Å². The highest BCUT2D eigenvalue weighted by Gasteiger charge is 2.56. The van der Waals surface area contributed by atoms with Crippen LogP contribution < -0.4 is 0 Å². The molecule has 0 spiro atoms. The van der Waals surface area contributed by atoms with Crippen LogP contribution in [0.25, 0.3) is 0 Å². The Morgan fingerprint density at radius 2 is 2.07 bits per heavy atom. The monoisotopic (exact) mass is 381 g/mol. The van der Waals surface area contributed by atoms with Crippen molar-refractivity contribution in [3.05, 3.63) is 11.6 Å². The molecule has 4 atom stereocenters. The van der Waals surface area contributed by atoms with Gasteiger partial charge in [0, 0.05) is 32.0 Å². The Kier molecular flexibility index (Phi) is 5.31. The first-order valence-electron chi connectivity index (χ1n) is 9.38. The van der Waals surface area contributed by atoms with Crippen LogP contribution in [-0.4, -0.2) is 71.0 Å². The summed E-state index contributed by atoms with van der Waals surface area (Å²) in [6.07, 6.45) is 2.53. The molecule has 0 bridgehead atoms. The third kappa shape index (κ3) is 3.73. The Morgan fingerprint density at radius 1 is 1.33 bits per heavy atom. The minimum Gasteiger partial charge on any atom is -0.460 e. The molecule has 3 heterocycles. The van der Waals surface area contributed by atoms with Crippen molar-refractivity contribution in [1.82, 2.24) is 4.90 Å². The van der Waals surface area contributed by atoms with Gasteiger partial charge in [0.15, 0.2) is 0 Å². The van der Waals surface area contributed by atoms with Gasteiger partial charge in [-0.15, -0.1) is 0 Å². The highest BCUT2D eigenvalue weighted by molar-refractivity contribution is 5.89. The molecule has 0 unspecified atom stereocenters. The van der Waals surface area contributed by atoms with E-state index in [2.05, 4.69) is 4.90 Å². The molecule has 0 radical (unpaired) electrons. The van der Waals surface area contributed by atoms with Gasteiger partial charge in [0.1, 0.15) is 18.3 Å². The van der Waals surface area contributed by atoms with Gasteiger partial charge >= 0.3 is 17.9 Å². The van der Waals surface area contributed by atoms with E-state index in [1.165, 1.54) is 13.8 Å². The number of allylic oxidation sites excluding steroid dienone is 1. The molecule has 0 saturated carbocycles. The van der Waals surface area contributed by atoms with Crippen molar-refractivity contribution in [3.8, 4) is 0 Å². The predicted octanol–water partition coefficient (Wildman–Crippen LogP) is 0.712. The van der Waals surface area contributed by atoms with Gasteiger partial charge in [-0.3, -0.25) is 9.69 Å². The van der Waals surface area contributed by atoms with Crippen molar-refractivity contribution in [2.45, 2.75) is 69.8 Å². The Labute approximate surface area is 158 Å². The number of aliphatic hydroxyl groups is 1. The molecule has 0 aromatic rings. The molecule has 0 aromatic carbocycles. The summed E-state index contributed by atoms with van der Waals surface area (Å²) < 4.78 is 16.4. The van der Waals surface area contributed by atoms with E-state index >= 15 is 0 Å². The minimum absolute atomic E-state index is 0.0822. The number of esters is 3. The van der Waals surface area contributed by atoms with E-state index in [4.69, 9.17) is 14.2 Å². The van der Waals surface area contributed by atoms with Gasteiger partial charge < -0.3 is 19.3 Å². The van der Waals surface area contributed by atoms with Crippen molar-refractivity contribution in [2.24, 2.45) is 0 Å². The topological polar surface area (TPSA) is 102 Å². The highest BCUT2D eigenvalue weighted by atomic mass is 16.6. The van der Waals surface area contributed by atoms with Gasteiger partial charge in [-0.25, -0.2) is 9.59 Å². The molecule has 27 heavy (non-hydrogen) atoms. The Bertz CT molecular complexity index is 675. The summed E-state index contributed by atoms with van der Waals surface area (Å²) in [5, 5.41) is 11.1. The van der Waals surface area contributed by atoms with Crippen molar-refractivity contribution in [1.29, 1.82) is 0 Å². The van der Waals surface area contributed by atoms with Crippen molar-refractivity contribution < 1.29 is 33.7 Å². The Morgan fingerprint density at radius 3 is 2.74 bits per heavy atom. The third-order valence-electron chi connectivity index (χ3n) is 5.82. The summed E-state index contributed by atoms with van der Waals surface area (Å²) in [5.41, 5.74) is -2.44. The zero-order chi connectivity index (χ0) is 19.8. The second-order valence-electron chi connectivity index (χ2n) is 7.78. The van der Waals surface area contributed by atoms with Crippen LogP contribution in [0.1, 0.15) is 46.5 Å². The molecule has 0 aliphatic carbocycles. The molecule has 3 aliphatic heterocycles. The Hall–Kier alpha value is -1.93. The zero-order valence-electron chi connectivity index (χ0n) is 16.0. The van der Waals surface area contributed by atoms with Gasteiger partial charge in [-0.1, -0.05) is 6.08 Å². The van der Waals surface area contributed by atoms with E-state index in [9.17, 15) is 19.5 Å². The minimum atomic E-state index is -1.54. The van der Waals surface area contributed by atoms with Gasteiger partial charge in [-0.05, 0) is 33.1 Å². The summed E-state index contributed by atoms with van der Waals surface area (Å²) >= 11 is 0. The van der Waals surface area contributed by atoms with Gasteiger partial charge in [0.05, 0.1) is 6.04 Å². The lowest BCUT2D eigenvalue weighted by Crippen LogP contribution is -2.53. The van der Waals surface area contributed by atoms with Crippen LogP contribution in [0, 0.1) is 0 Å². The second-order valence-corrected chi connectivity index (χ2v) is 7.78. The van der Waals surface area contributed by atoms with E-state index in [-0.39, 0.29) is 19.4 Å². The van der Waals surface area contributed by atoms with E-state index in [0.29, 0.717) is 25.0 Å². The smallest absolute Gasteiger partial charge is 0.350 e. The Balaban J connectivity index is 1.92. The normalized spacial score (nSPS) is 39.2. The summed E-state index contributed by atoms with van der Waals surface area (Å²) in [7, 11) is 0. The zero-order valence-corrected chi connectivity index (χ0v) is 16.0. The molecule has 0 aromatic heterocycles. The maximum atomic E-state index is 12.7.